The second-order valence-corrected chi connectivity index (χ2v) is 16.7. The van der Waals surface area contributed by atoms with Crippen molar-refractivity contribution in [1.82, 2.24) is 9.80 Å². The van der Waals surface area contributed by atoms with Gasteiger partial charge in [-0.3, -0.25) is 9.80 Å². The molecule has 0 radical (unpaired) electrons. The van der Waals surface area contributed by atoms with E-state index in [9.17, 15) is 0 Å². The summed E-state index contributed by atoms with van der Waals surface area (Å²) in [5.74, 6) is 0. The zero-order valence-electron chi connectivity index (χ0n) is 37.3. The van der Waals surface area contributed by atoms with Crippen LogP contribution in [0.25, 0.3) is 0 Å². The molecule has 1 saturated heterocycles. The molecule has 1 aromatic rings. The van der Waals surface area contributed by atoms with Crippen LogP contribution in [-0.4, -0.2) is 62.4 Å². The van der Waals surface area contributed by atoms with Crippen molar-refractivity contribution in [3.05, 3.63) is 84.0 Å². The number of likely N-dealkylation sites (N-methyl/N-ethyl adjacent to an activating group) is 1. The van der Waals surface area contributed by atoms with E-state index in [4.69, 9.17) is 9.47 Å². The number of nitrogens with zero attached hydrogens (tertiary/aromatic N) is 2. The van der Waals surface area contributed by atoms with E-state index in [0.717, 1.165) is 58.5 Å². The molecule has 0 aromatic heterocycles. The molecule has 4 heteroatoms. The smallest absolute Gasteiger partial charge is 0.0934 e. The summed E-state index contributed by atoms with van der Waals surface area (Å²) in [6.45, 7) is 12.3. The molecule has 0 N–H and O–H groups in total. The number of benzene rings is 1. The summed E-state index contributed by atoms with van der Waals surface area (Å²) in [7, 11) is 2.24. The Kier molecular flexibility index (Phi) is 34.5. The molecular weight excluding hydrogens is 685 g/mol. The van der Waals surface area contributed by atoms with Crippen LogP contribution in [0.2, 0.25) is 0 Å². The van der Waals surface area contributed by atoms with Crippen LogP contribution in [0.1, 0.15) is 192 Å². The number of unbranched alkanes of at least 4 members (excludes halogenated alkanes) is 18. The van der Waals surface area contributed by atoms with E-state index in [-0.39, 0.29) is 6.10 Å². The van der Waals surface area contributed by atoms with Gasteiger partial charge >= 0.3 is 0 Å². The fourth-order valence-corrected chi connectivity index (χ4v) is 7.65. The lowest BCUT2D eigenvalue weighted by Crippen LogP contribution is -2.34. The van der Waals surface area contributed by atoms with Gasteiger partial charge in [0.15, 0.2) is 0 Å². The number of hydrogen-bond donors (Lipinski definition) is 0. The van der Waals surface area contributed by atoms with Gasteiger partial charge in [0.2, 0.25) is 0 Å². The molecule has 0 saturated carbocycles. The van der Waals surface area contributed by atoms with Crippen molar-refractivity contribution >= 4 is 0 Å². The maximum atomic E-state index is 6.52. The highest BCUT2D eigenvalue weighted by Crippen LogP contribution is 2.16. The zero-order chi connectivity index (χ0) is 39.8. The molecule has 4 nitrogen and oxygen atoms in total. The van der Waals surface area contributed by atoms with Gasteiger partial charge in [-0.05, 0) is 121 Å². The molecule has 1 aliphatic rings. The highest BCUT2D eigenvalue weighted by atomic mass is 16.5. The van der Waals surface area contributed by atoms with Crippen molar-refractivity contribution in [2.45, 2.75) is 200 Å². The summed E-state index contributed by atoms with van der Waals surface area (Å²) in [5.41, 5.74) is 2.84. The molecule has 1 aliphatic heterocycles. The summed E-state index contributed by atoms with van der Waals surface area (Å²) < 4.78 is 12.8. The third-order valence-corrected chi connectivity index (χ3v) is 11.1. The molecule has 0 bridgehead atoms. The number of hydrogen-bond acceptors (Lipinski definition) is 4. The normalized spacial score (nSPS) is 14.6. The number of likely N-dealkylation sites (tertiary alicyclic amines) is 1. The van der Waals surface area contributed by atoms with Gasteiger partial charge < -0.3 is 9.47 Å². The van der Waals surface area contributed by atoms with Gasteiger partial charge in [0.25, 0.3) is 0 Å². The topological polar surface area (TPSA) is 24.9 Å². The van der Waals surface area contributed by atoms with E-state index in [0.29, 0.717) is 6.61 Å². The molecule has 1 atom stereocenters. The zero-order valence-corrected chi connectivity index (χ0v) is 37.3. The predicted octanol–water partition coefficient (Wildman–Crippen LogP) is 14.7. The standard InChI is InChI=1S/C52H90N2O2/c1-4-6-8-10-12-14-16-18-20-22-24-26-28-30-32-36-43-55-49-52(48-53(3)46-50-39-38-40-51(45-50)47-54-41-34-35-42-54)56-44-37-33-31-29-27-25-23-21-19-17-15-13-11-9-7-5-2/h12-15,18-21,38-40,45,52H,4-11,16-17,22-37,41-44,46-49H2,1-3H3. The van der Waals surface area contributed by atoms with Crippen LogP contribution < -0.4 is 0 Å². The van der Waals surface area contributed by atoms with Crippen LogP contribution in [-0.2, 0) is 22.6 Å². The van der Waals surface area contributed by atoms with Gasteiger partial charge in [-0.1, -0.05) is 164 Å². The molecule has 320 valence electrons. The Morgan fingerprint density at radius 2 is 1.07 bits per heavy atom. The van der Waals surface area contributed by atoms with E-state index >= 15 is 0 Å². The molecular formula is C52H90N2O2. The first-order valence-corrected chi connectivity index (χ1v) is 24.0. The molecule has 56 heavy (non-hydrogen) atoms. The van der Waals surface area contributed by atoms with Gasteiger partial charge in [-0.25, -0.2) is 0 Å². The summed E-state index contributed by atoms with van der Waals surface area (Å²) in [6, 6.07) is 9.23. The molecule has 1 unspecified atom stereocenters. The van der Waals surface area contributed by atoms with Gasteiger partial charge in [0, 0.05) is 32.8 Å². The second kappa shape index (κ2) is 38.5. The van der Waals surface area contributed by atoms with Crippen LogP contribution in [0.5, 0.6) is 0 Å². The average molecular weight is 775 g/mol. The molecule has 1 heterocycles. The minimum absolute atomic E-state index is 0.121. The van der Waals surface area contributed by atoms with Crippen molar-refractivity contribution < 1.29 is 9.47 Å². The third-order valence-electron chi connectivity index (χ3n) is 11.1. The Balaban J connectivity index is 1.60. The summed E-state index contributed by atoms with van der Waals surface area (Å²) in [5, 5.41) is 0. The van der Waals surface area contributed by atoms with Crippen molar-refractivity contribution in [1.29, 1.82) is 0 Å². The fourth-order valence-electron chi connectivity index (χ4n) is 7.65. The Bertz CT molecular complexity index is 1100. The maximum absolute atomic E-state index is 6.52. The molecule has 1 fully saturated rings. The summed E-state index contributed by atoms with van der Waals surface area (Å²) in [4.78, 5) is 5.02. The second-order valence-electron chi connectivity index (χ2n) is 16.7. The van der Waals surface area contributed by atoms with E-state index in [2.05, 4.69) is 104 Å². The first-order chi connectivity index (χ1) is 27.7. The van der Waals surface area contributed by atoms with Crippen LogP contribution in [0.4, 0.5) is 0 Å². The van der Waals surface area contributed by atoms with Gasteiger partial charge in [0.05, 0.1) is 12.7 Å². The molecule has 2 rings (SSSR count). The Morgan fingerprint density at radius 1 is 0.589 bits per heavy atom. The Morgan fingerprint density at radius 3 is 1.62 bits per heavy atom. The van der Waals surface area contributed by atoms with E-state index in [1.54, 1.807) is 0 Å². The highest BCUT2D eigenvalue weighted by Gasteiger charge is 2.15. The lowest BCUT2D eigenvalue weighted by molar-refractivity contribution is -0.0322. The van der Waals surface area contributed by atoms with Crippen LogP contribution in [0, 0.1) is 0 Å². The average Bonchev–Trinajstić information content (AvgIpc) is 3.71. The van der Waals surface area contributed by atoms with Crippen LogP contribution in [0.15, 0.2) is 72.9 Å². The monoisotopic (exact) mass is 775 g/mol. The summed E-state index contributed by atoms with van der Waals surface area (Å²) >= 11 is 0. The van der Waals surface area contributed by atoms with E-state index < -0.39 is 0 Å². The maximum Gasteiger partial charge on any atom is 0.0934 e. The number of rotatable bonds is 39. The molecule has 0 spiro atoms. The van der Waals surface area contributed by atoms with Crippen molar-refractivity contribution in [3.8, 4) is 0 Å². The van der Waals surface area contributed by atoms with Crippen LogP contribution >= 0.6 is 0 Å². The first-order valence-electron chi connectivity index (χ1n) is 24.0. The lowest BCUT2D eigenvalue weighted by Gasteiger charge is -2.25. The van der Waals surface area contributed by atoms with Crippen LogP contribution in [0.3, 0.4) is 0 Å². The van der Waals surface area contributed by atoms with E-state index in [1.165, 1.54) is 165 Å². The minimum Gasteiger partial charge on any atom is -0.379 e. The van der Waals surface area contributed by atoms with E-state index in [1.807, 2.05) is 0 Å². The molecule has 0 aliphatic carbocycles. The number of allylic oxidation sites excluding steroid dienone is 8. The van der Waals surface area contributed by atoms with Gasteiger partial charge in [-0.2, -0.15) is 0 Å². The molecule has 0 amide bonds. The highest BCUT2D eigenvalue weighted by molar-refractivity contribution is 5.23. The largest absolute Gasteiger partial charge is 0.379 e. The third kappa shape index (κ3) is 31.1. The van der Waals surface area contributed by atoms with Gasteiger partial charge in [-0.15, -0.1) is 0 Å². The van der Waals surface area contributed by atoms with Gasteiger partial charge in [0.1, 0.15) is 0 Å². The predicted molar refractivity (Wildman–Crippen MR) is 247 cm³/mol. The van der Waals surface area contributed by atoms with Crippen molar-refractivity contribution in [2.75, 3.05) is 46.5 Å². The lowest BCUT2D eigenvalue weighted by atomic mass is 10.1. The number of ether oxygens (including phenoxy) is 2. The minimum atomic E-state index is 0.121. The first kappa shape index (κ1) is 50.2. The summed E-state index contributed by atoms with van der Waals surface area (Å²) in [6.07, 6.45) is 52.2. The molecule has 1 aromatic carbocycles. The van der Waals surface area contributed by atoms with Crippen molar-refractivity contribution in [3.63, 3.8) is 0 Å². The SMILES string of the molecule is CCCCCC=CCC=CCCCCCCCCOCC(CN(C)Cc1cccc(CN2CCCC2)c1)OCCCCCCCCC=CCC=CCCCCC. The Labute approximate surface area is 348 Å². The Hall–Kier alpha value is -1.98. The van der Waals surface area contributed by atoms with Crippen molar-refractivity contribution in [2.24, 2.45) is 0 Å². The fraction of sp³-hybridized carbons (Fsp3) is 0.731. The quantitative estimate of drug-likeness (QED) is 0.0491.